The Hall–Kier alpha value is -1.53. The number of hydrogen-bond donors (Lipinski definition) is 1. The van der Waals surface area contributed by atoms with Crippen molar-refractivity contribution in [2.75, 3.05) is 18.4 Å². The highest BCUT2D eigenvalue weighted by atomic mass is 35.5. The van der Waals surface area contributed by atoms with Crippen LogP contribution >= 0.6 is 23.4 Å². The van der Waals surface area contributed by atoms with Gasteiger partial charge < -0.3 is 5.32 Å². The first-order valence-electron chi connectivity index (χ1n) is 6.21. The van der Waals surface area contributed by atoms with Crippen LogP contribution in [0.25, 0.3) is 0 Å². The molecular weight excluding hydrogens is 298 g/mol. The van der Waals surface area contributed by atoms with E-state index in [4.69, 9.17) is 11.6 Å². The van der Waals surface area contributed by atoms with Gasteiger partial charge in [0.15, 0.2) is 5.17 Å². The Kier molecular flexibility index (Phi) is 3.67. The Morgan fingerprint density at radius 1 is 1.45 bits per heavy atom. The van der Waals surface area contributed by atoms with Crippen LogP contribution in [0, 0.1) is 0 Å². The highest BCUT2D eigenvalue weighted by Crippen LogP contribution is 2.31. The number of carbonyl (C=O) groups is 2. The lowest BCUT2D eigenvalue weighted by Gasteiger charge is -2.10. The smallest absolute Gasteiger partial charge is 0.242 e. The molecule has 1 N–H and O–H groups in total. The van der Waals surface area contributed by atoms with Crippen LogP contribution in [0.3, 0.4) is 0 Å². The summed E-state index contributed by atoms with van der Waals surface area (Å²) in [5, 5.41) is 3.76. The molecule has 2 heterocycles. The minimum atomic E-state index is -0.360. The van der Waals surface area contributed by atoms with E-state index in [0.717, 1.165) is 5.17 Å². The molecule has 7 heteroatoms. The number of amides is 2. The number of carbonyl (C=O) groups excluding carboxylic acids is 2. The zero-order valence-electron chi connectivity index (χ0n) is 10.5. The summed E-state index contributed by atoms with van der Waals surface area (Å²) in [5.41, 5.74) is 0.674. The Morgan fingerprint density at radius 2 is 2.20 bits per heavy atom. The third-order valence-corrected chi connectivity index (χ3v) is 4.55. The number of rotatable bonds is 3. The monoisotopic (exact) mass is 309 g/mol. The maximum absolute atomic E-state index is 12.0. The molecule has 2 aliphatic heterocycles. The molecule has 2 aliphatic rings. The SMILES string of the molecule is O=C(C[C@@H]1SC2=NCCN2C1=O)Nc1ccc(Cl)cc1. The van der Waals surface area contributed by atoms with E-state index in [2.05, 4.69) is 10.3 Å². The van der Waals surface area contributed by atoms with Gasteiger partial charge in [-0.2, -0.15) is 0 Å². The quantitative estimate of drug-likeness (QED) is 0.928. The van der Waals surface area contributed by atoms with E-state index in [0.29, 0.717) is 23.8 Å². The number of hydrogen-bond acceptors (Lipinski definition) is 4. The first-order valence-corrected chi connectivity index (χ1v) is 7.47. The number of halogens is 1. The van der Waals surface area contributed by atoms with E-state index in [9.17, 15) is 9.59 Å². The second-order valence-corrected chi connectivity index (χ2v) is 6.13. The topological polar surface area (TPSA) is 61.8 Å². The van der Waals surface area contributed by atoms with E-state index in [1.165, 1.54) is 11.8 Å². The van der Waals surface area contributed by atoms with Crippen LogP contribution in [0.1, 0.15) is 6.42 Å². The fraction of sp³-hybridized carbons (Fsp3) is 0.308. The fourth-order valence-electron chi connectivity index (χ4n) is 2.13. The van der Waals surface area contributed by atoms with Gasteiger partial charge in [-0.3, -0.25) is 19.5 Å². The molecule has 1 fully saturated rings. The first-order chi connectivity index (χ1) is 9.63. The summed E-state index contributed by atoms with van der Waals surface area (Å²) in [5.74, 6) is -0.197. The van der Waals surface area contributed by atoms with Crippen LogP contribution in [-0.2, 0) is 9.59 Å². The third-order valence-electron chi connectivity index (χ3n) is 3.09. The van der Waals surface area contributed by atoms with Crippen LogP contribution < -0.4 is 5.32 Å². The number of anilines is 1. The lowest BCUT2D eigenvalue weighted by atomic mass is 10.2. The molecule has 0 saturated carbocycles. The molecule has 20 heavy (non-hydrogen) atoms. The lowest BCUT2D eigenvalue weighted by molar-refractivity contribution is -0.127. The van der Waals surface area contributed by atoms with Gasteiger partial charge in [0.2, 0.25) is 11.8 Å². The molecule has 3 rings (SSSR count). The average molecular weight is 310 g/mol. The number of fused-ring (bicyclic) bond motifs is 1. The van der Waals surface area contributed by atoms with Crippen LogP contribution in [0.15, 0.2) is 29.3 Å². The van der Waals surface area contributed by atoms with Crippen molar-refractivity contribution in [2.24, 2.45) is 4.99 Å². The second-order valence-electron chi connectivity index (χ2n) is 4.52. The number of nitrogens with zero attached hydrogens (tertiary/aromatic N) is 2. The number of thioether (sulfide) groups is 1. The van der Waals surface area contributed by atoms with Crippen LogP contribution in [0.4, 0.5) is 5.69 Å². The normalized spacial score (nSPS) is 20.9. The molecular formula is C13H12ClN3O2S. The van der Waals surface area contributed by atoms with E-state index in [1.54, 1.807) is 29.2 Å². The zero-order chi connectivity index (χ0) is 14.1. The van der Waals surface area contributed by atoms with Gasteiger partial charge in [0.1, 0.15) is 5.25 Å². The number of amidine groups is 1. The van der Waals surface area contributed by atoms with Gasteiger partial charge in [0.05, 0.1) is 6.54 Å². The minimum absolute atomic E-state index is 0.0162. The predicted molar refractivity (Wildman–Crippen MR) is 80.1 cm³/mol. The van der Waals surface area contributed by atoms with Crippen molar-refractivity contribution >= 4 is 46.0 Å². The first kappa shape index (κ1) is 13.5. The van der Waals surface area contributed by atoms with Gasteiger partial charge >= 0.3 is 0 Å². The fourth-order valence-corrected chi connectivity index (χ4v) is 3.44. The minimum Gasteiger partial charge on any atom is -0.326 e. The van der Waals surface area contributed by atoms with E-state index in [-0.39, 0.29) is 23.5 Å². The van der Waals surface area contributed by atoms with Crippen molar-refractivity contribution in [1.29, 1.82) is 0 Å². The highest BCUT2D eigenvalue weighted by Gasteiger charge is 2.40. The predicted octanol–water partition coefficient (Wildman–Crippen LogP) is 1.98. The number of benzene rings is 1. The number of aliphatic imine (C=N–C) groups is 1. The van der Waals surface area contributed by atoms with Crippen molar-refractivity contribution < 1.29 is 9.59 Å². The molecule has 0 spiro atoms. The van der Waals surface area contributed by atoms with E-state index < -0.39 is 0 Å². The van der Waals surface area contributed by atoms with Crippen molar-refractivity contribution in [3.63, 3.8) is 0 Å². The van der Waals surface area contributed by atoms with Gasteiger partial charge in [-0.05, 0) is 24.3 Å². The molecule has 5 nitrogen and oxygen atoms in total. The summed E-state index contributed by atoms with van der Waals surface area (Å²) < 4.78 is 0. The summed E-state index contributed by atoms with van der Waals surface area (Å²) in [7, 11) is 0. The van der Waals surface area contributed by atoms with Crippen molar-refractivity contribution in [2.45, 2.75) is 11.7 Å². The van der Waals surface area contributed by atoms with Gasteiger partial charge in [-0.25, -0.2) is 0 Å². The Bertz CT molecular complexity index is 588. The molecule has 0 radical (unpaired) electrons. The molecule has 104 valence electrons. The summed E-state index contributed by atoms with van der Waals surface area (Å²) in [6.45, 7) is 1.30. The molecule has 0 bridgehead atoms. The molecule has 0 aromatic heterocycles. The van der Waals surface area contributed by atoms with E-state index >= 15 is 0 Å². The van der Waals surface area contributed by atoms with Crippen LogP contribution in [0.5, 0.6) is 0 Å². The largest absolute Gasteiger partial charge is 0.326 e. The van der Waals surface area contributed by atoms with Gasteiger partial charge in [-0.15, -0.1) is 0 Å². The zero-order valence-corrected chi connectivity index (χ0v) is 12.1. The summed E-state index contributed by atoms with van der Waals surface area (Å²) >= 11 is 7.16. The summed E-state index contributed by atoms with van der Waals surface area (Å²) in [6.07, 6.45) is 0.154. The number of nitrogens with one attached hydrogen (secondary N) is 1. The Balaban J connectivity index is 1.59. The van der Waals surface area contributed by atoms with Gasteiger partial charge in [0, 0.05) is 23.7 Å². The van der Waals surface area contributed by atoms with Crippen molar-refractivity contribution in [3.8, 4) is 0 Å². The highest BCUT2D eigenvalue weighted by molar-refractivity contribution is 8.15. The van der Waals surface area contributed by atoms with Crippen LogP contribution in [0.2, 0.25) is 5.02 Å². The molecule has 0 unspecified atom stereocenters. The average Bonchev–Trinajstić information content (AvgIpc) is 2.97. The maximum Gasteiger partial charge on any atom is 0.242 e. The standard InChI is InChI=1S/C13H12ClN3O2S/c14-8-1-3-9(4-2-8)16-11(18)7-10-12(19)17-6-5-15-13(17)20-10/h1-4,10H,5-7H2,(H,16,18)/t10-/m0/s1. The molecule has 0 aliphatic carbocycles. The molecule has 1 atom stereocenters. The van der Waals surface area contributed by atoms with Crippen molar-refractivity contribution in [3.05, 3.63) is 29.3 Å². The van der Waals surface area contributed by atoms with Crippen molar-refractivity contribution in [1.82, 2.24) is 4.90 Å². The Labute approximate surface area is 125 Å². The second kappa shape index (κ2) is 5.46. The summed E-state index contributed by atoms with van der Waals surface area (Å²) in [4.78, 5) is 29.9. The molecule has 1 aromatic rings. The van der Waals surface area contributed by atoms with E-state index in [1.807, 2.05) is 0 Å². The van der Waals surface area contributed by atoms with Crippen LogP contribution in [-0.4, -0.2) is 40.2 Å². The maximum atomic E-state index is 12.0. The molecule has 2 amide bonds. The van der Waals surface area contributed by atoms with Gasteiger partial charge in [-0.1, -0.05) is 23.4 Å². The molecule has 1 aromatic carbocycles. The Morgan fingerprint density at radius 3 is 2.90 bits per heavy atom. The third kappa shape index (κ3) is 2.66. The molecule has 1 saturated heterocycles. The lowest BCUT2D eigenvalue weighted by Crippen LogP contribution is -2.32. The summed E-state index contributed by atoms with van der Waals surface area (Å²) in [6, 6.07) is 6.87. The van der Waals surface area contributed by atoms with Gasteiger partial charge in [0.25, 0.3) is 0 Å².